The number of aromatic nitrogens is 2. The molecule has 1 aromatic heterocycles. The van der Waals surface area contributed by atoms with Gasteiger partial charge in [0.2, 0.25) is 5.88 Å². The zero-order chi connectivity index (χ0) is 9.10. The summed E-state index contributed by atoms with van der Waals surface area (Å²) in [5, 5.41) is 2.92. The third-order valence-electron chi connectivity index (χ3n) is 2.03. The fourth-order valence-electron chi connectivity index (χ4n) is 1.03. The van der Waals surface area contributed by atoms with Crippen LogP contribution >= 0.6 is 0 Å². The number of nitrogens with one attached hydrogen (secondary N) is 1. The molecule has 0 aliphatic heterocycles. The van der Waals surface area contributed by atoms with Gasteiger partial charge in [0.05, 0.1) is 19.0 Å². The Labute approximate surface area is 77.4 Å². The van der Waals surface area contributed by atoms with Gasteiger partial charge in [-0.2, -0.15) is 4.98 Å². The molecule has 0 saturated heterocycles. The molecule has 4 nitrogen and oxygen atoms in total. The van der Waals surface area contributed by atoms with E-state index in [4.69, 9.17) is 4.74 Å². The second-order valence-electron chi connectivity index (χ2n) is 3.25. The number of rotatable bonds is 4. The van der Waals surface area contributed by atoms with Crippen LogP contribution in [0.4, 0.5) is 5.82 Å². The smallest absolute Gasteiger partial charge is 0.234 e. The molecule has 0 unspecified atom stereocenters. The molecule has 1 heterocycles. The summed E-state index contributed by atoms with van der Waals surface area (Å²) < 4.78 is 5.46. The van der Waals surface area contributed by atoms with Crippen molar-refractivity contribution in [2.45, 2.75) is 12.8 Å². The van der Waals surface area contributed by atoms with Crippen molar-refractivity contribution < 1.29 is 4.74 Å². The lowest BCUT2D eigenvalue weighted by molar-refractivity contribution is 0.287. The lowest BCUT2D eigenvalue weighted by Crippen LogP contribution is -2.02. The molecule has 0 spiro atoms. The van der Waals surface area contributed by atoms with Crippen LogP contribution < -0.4 is 10.1 Å². The maximum Gasteiger partial charge on any atom is 0.234 e. The molecule has 1 fully saturated rings. The van der Waals surface area contributed by atoms with Gasteiger partial charge >= 0.3 is 0 Å². The zero-order valence-electron chi connectivity index (χ0n) is 7.66. The first-order chi connectivity index (χ1) is 6.38. The fraction of sp³-hybridized carbons (Fsp3) is 0.556. The highest BCUT2D eigenvalue weighted by atomic mass is 16.5. The first kappa shape index (κ1) is 8.29. The summed E-state index contributed by atoms with van der Waals surface area (Å²) in [5.74, 6) is 2.10. The van der Waals surface area contributed by atoms with Gasteiger partial charge in [-0.15, -0.1) is 0 Å². The van der Waals surface area contributed by atoms with Gasteiger partial charge in [0.25, 0.3) is 0 Å². The molecule has 0 atom stereocenters. The monoisotopic (exact) mass is 179 g/mol. The van der Waals surface area contributed by atoms with Crippen molar-refractivity contribution in [3.63, 3.8) is 0 Å². The van der Waals surface area contributed by atoms with Gasteiger partial charge in [-0.3, -0.25) is 4.98 Å². The van der Waals surface area contributed by atoms with E-state index in [1.165, 1.54) is 12.8 Å². The molecule has 0 bridgehead atoms. The average Bonchev–Trinajstić information content (AvgIpc) is 2.99. The second-order valence-corrected chi connectivity index (χ2v) is 3.25. The highest BCUT2D eigenvalue weighted by Gasteiger charge is 2.22. The van der Waals surface area contributed by atoms with Gasteiger partial charge in [-0.25, -0.2) is 0 Å². The fourth-order valence-corrected chi connectivity index (χ4v) is 1.03. The summed E-state index contributed by atoms with van der Waals surface area (Å²) in [4.78, 5) is 8.20. The van der Waals surface area contributed by atoms with E-state index >= 15 is 0 Å². The van der Waals surface area contributed by atoms with Crippen LogP contribution in [0.25, 0.3) is 0 Å². The molecule has 0 amide bonds. The van der Waals surface area contributed by atoms with Gasteiger partial charge in [0.1, 0.15) is 5.82 Å². The summed E-state index contributed by atoms with van der Waals surface area (Å²) in [5.41, 5.74) is 0. The number of ether oxygens (including phenoxy) is 1. The van der Waals surface area contributed by atoms with Crippen LogP contribution in [-0.2, 0) is 0 Å². The molecule has 4 heteroatoms. The van der Waals surface area contributed by atoms with Crippen LogP contribution in [-0.4, -0.2) is 23.6 Å². The highest BCUT2D eigenvalue weighted by Crippen LogP contribution is 2.29. The van der Waals surface area contributed by atoms with Crippen LogP contribution in [0, 0.1) is 5.92 Å². The Bertz CT molecular complexity index is 286. The zero-order valence-corrected chi connectivity index (χ0v) is 7.66. The number of anilines is 1. The lowest BCUT2D eigenvalue weighted by atomic mass is 10.5. The molecule has 1 aliphatic carbocycles. The first-order valence-corrected chi connectivity index (χ1v) is 4.51. The van der Waals surface area contributed by atoms with Crippen LogP contribution in [0.3, 0.4) is 0 Å². The van der Waals surface area contributed by atoms with E-state index in [-0.39, 0.29) is 0 Å². The number of nitrogens with zero attached hydrogens (tertiary/aromatic N) is 2. The van der Waals surface area contributed by atoms with Crippen molar-refractivity contribution in [2.75, 3.05) is 19.0 Å². The summed E-state index contributed by atoms with van der Waals surface area (Å²) in [6, 6.07) is 0. The predicted molar refractivity (Wildman–Crippen MR) is 49.8 cm³/mol. The van der Waals surface area contributed by atoms with E-state index in [9.17, 15) is 0 Å². The Balaban J connectivity index is 1.93. The summed E-state index contributed by atoms with van der Waals surface area (Å²) in [6.45, 7) is 0.780. The molecular weight excluding hydrogens is 166 g/mol. The standard InChI is InChI=1S/C9H13N3O/c1-10-8-4-11-5-9(12-8)13-6-7-2-3-7/h4-5,7H,2-3,6H2,1H3,(H,10,12). The van der Waals surface area contributed by atoms with Crippen molar-refractivity contribution in [1.82, 2.24) is 9.97 Å². The van der Waals surface area contributed by atoms with Gasteiger partial charge in [-0.05, 0) is 18.8 Å². The molecule has 0 aromatic carbocycles. The third-order valence-corrected chi connectivity index (χ3v) is 2.03. The Kier molecular flexibility index (Phi) is 2.29. The minimum atomic E-state index is 0.610. The van der Waals surface area contributed by atoms with Crippen molar-refractivity contribution in [2.24, 2.45) is 5.92 Å². The minimum absolute atomic E-state index is 0.610. The summed E-state index contributed by atoms with van der Waals surface area (Å²) in [6.07, 6.45) is 5.89. The van der Waals surface area contributed by atoms with E-state index in [1.54, 1.807) is 12.4 Å². The SMILES string of the molecule is CNc1cncc(OCC2CC2)n1. The highest BCUT2D eigenvalue weighted by molar-refractivity contribution is 5.31. The maximum atomic E-state index is 5.46. The van der Waals surface area contributed by atoms with Crippen molar-refractivity contribution in [1.29, 1.82) is 0 Å². The van der Waals surface area contributed by atoms with Crippen LogP contribution in [0.2, 0.25) is 0 Å². The number of hydrogen-bond acceptors (Lipinski definition) is 4. The van der Waals surface area contributed by atoms with Gasteiger partial charge < -0.3 is 10.1 Å². The number of hydrogen-bond donors (Lipinski definition) is 1. The lowest BCUT2D eigenvalue weighted by Gasteiger charge is -2.04. The predicted octanol–water partition coefficient (Wildman–Crippen LogP) is 1.31. The Hall–Kier alpha value is -1.32. The molecule has 1 saturated carbocycles. The van der Waals surface area contributed by atoms with E-state index in [2.05, 4.69) is 15.3 Å². The Morgan fingerprint density at radius 3 is 3.08 bits per heavy atom. The van der Waals surface area contributed by atoms with Crippen molar-refractivity contribution in [3.05, 3.63) is 12.4 Å². The topological polar surface area (TPSA) is 47.0 Å². The Morgan fingerprint density at radius 1 is 1.54 bits per heavy atom. The van der Waals surface area contributed by atoms with Crippen LogP contribution in [0.5, 0.6) is 5.88 Å². The third kappa shape index (κ3) is 2.31. The first-order valence-electron chi connectivity index (χ1n) is 4.51. The van der Waals surface area contributed by atoms with E-state index in [0.29, 0.717) is 5.88 Å². The van der Waals surface area contributed by atoms with E-state index in [1.807, 2.05) is 7.05 Å². The van der Waals surface area contributed by atoms with Crippen molar-refractivity contribution >= 4 is 5.82 Å². The summed E-state index contributed by atoms with van der Waals surface area (Å²) in [7, 11) is 1.81. The molecule has 13 heavy (non-hydrogen) atoms. The minimum Gasteiger partial charge on any atom is -0.476 e. The van der Waals surface area contributed by atoms with Gasteiger partial charge in [-0.1, -0.05) is 0 Å². The molecular formula is C9H13N3O. The van der Waals surface area contributed by atoms with Gasteiger partial charge in [0, 0.05) is 7.05 Å². The van der Waals surface area contributed by atoms with Gasteiger partial charge in [0.15, 0.2) is 0 Å². The van der Waals surface area contributed by atoms with E-state index < -0.39 is 0 Å². The molecule has 1 N–H and O–H groups in total. The molecule has 1 aromatic rings. The normalized spacial score (nSPS) is 15.5. The maximum absolute atomic E-state index is 5.46. The van der Waals surface area contributed by atoms with E-state index in [0.717, 1.165) is 18.3 Å². The van der Waals surface area contributed by atoms with Crippen LogP contribution in [0.1, 0.15) is 12.8 Å². The molecule has 2 rings (SSSR count). The van der Waals surface area contributed by atoms with Crippen LogP contribution in [0.15, 0.2) is 12.4 Å². The summed E-state index contributed by atoms with van der Waals surface area (Å²) >= 11 is 0. The molecule has 0 radical (unpaired) electrons. The average molecular weight is 179 g/mol. The largest absolute Gasteiger partial charge is 0.476 e. The quantitative estimate of drug-likeness (QED) is 0.757. The molecule has 1 aliphatic rings. The van der Waals surface area contributed by atoms with Crippen molar-refractivity contribution in [3.8, 4) is 5.88 Å². The molecule has 70 valence electrons. The Morgan fingerprint density at radius 2 is 2.38 bits per heavy atom. The second kappa shape index (κ2) is 3.60.